The first-order chi connectivity index (χ1) is 12.8. The summed E-state index contributed by atoms with van der Waals surface area (Å²) in [5.74, 6) is 2.78. The Kier molecular flexibility index (Phi) is 4.08. The van der Waals surface area contributed by atoms with Crippen molar-refractivity contribution in [1.82, 2.24) is 14.8 Å². The van der Waals surface area contributed by atoms with Crippen LogP contribution in [-0.4, -0.2) is 53.4 Å². The van der Waals surface area contributed by atoms with E-state index in [1.165, 1.54) is 24.8 Å². The van der Waals surface area contributed by atoms with Crippen molar-refractivity contribution in [2.75, 3.05) is 32.7 Å². The Labute approximate surface area is 154 Å². The molecular weight excluding hydrogens is 322 g/mol. The molecule has 2 heterocycles. The van der Waals surface area contributed by atoms with E-state index < -0.39 is 0 Å². The van der Waals surface area contributed by atoms with E-state index in [9.17, 15) is 4.79 Å². The summed E-state index contributed by atoms with van der Waals surface area (Å²) < 4.78 is 0. The number of carbonyl (C=O) groups is 1. The summed E-state index contributed by atoms with van der Waals surface area (Å²) >= 11 is 0. The van der Waals surface area contributed by atoms with Gasteiger partial charge >= 0.3 is 0 Å². The number of carbonyl (C=O) groups excluding carboxylic acids is 1. The molecule has 0 spiro atoms. The van der Waals surface area contributed by atoms with Crippen LogP contribution in [0.15, 0.2) is 42.6 Å². The Morgan fingerprint density at radius 1 is 1.08 bits per heavy atom. The summed E-state index contributed by atoms with van der Waals surface area (Å²) in [6.45, 7) is 5.01. The number of para-hydroxylation sites is 1. The zero-order valence-electron chi connectivity index (χ0n) is 15.2. The van der Waals surface area contributed by atoms with Crippen LogP contribution >= 0.6 is 0 Å². The van der Waals surface area contributed by atoms with Crippen LogP contribution in [0.5, 0.6) is 0 Å². The van der Waals surface area contributed by atoms with Gasteiger partial charge in [0.25, 0.3) is 0 Å². The molecule has 1 aromatic heterocycles. The third-order valence-electron chi connectivity index (χ3n) is 6.65. The Morgan fingerprint density at radius 3 is 2.69 bits per heavy atom. The number of allylic oxidation sites excluding steroid dienone is 2. The second kappa shape index (κ2) is 6.58. The first kappa shape index (κ1) is 16.1. The van der Waals surface area contributed by atoms with E-state index in [1.54, 1.807) is 0 Å². The van der Waals surface area contributed by atoms with Crippen molar-refractivity contribution >= 4 is 16.8 Å². The van der Waals surface area contributed by atoms with E-state index in [1.807, 2.05) is 18.3 Å². The quantitative estimate of drug-likeness (QED) is 0.862. The van der Waals surface area contributed by atoms with Crippen molar-refractivity contribution in [3.05, 3.63) is 48.2 Å². The number of H-pyrrole nitrogens is 1. The fourth-order valence-corrected chi connectivity index (χ4v) is 5.17. The first-order valence-corrected chi connectivity index (χ1v) is 10.00. The van der Waals surface area contributed by atoms with Gasteiger partial charge in [0.15, 0.2) is 0 Å². The van der Waals surface area contributed by atoms with Crippen molar-refractivity contribution in [2.45, 2.75) is 19.3 Å². The lowest BCUT2D eigenvalue weighted by atomic mass is 9.93. The highest BCUT2D eigenvalue weighted by molar-refractivity contribution is 5.88. The summed E-state index contributed by atoms with van der Waals surface area (Å²) in [6.07, 6.45) is 10.1. The average Bonchev–Trinajstić information content (AvgIpc) is 3.38. The van der Waals surface area contributed by atoms with Crippen LogP contribution in [0.4, 0.5) is 0 Å². The fourth-order valence-electron chi connectivity index (χ4n) is 5.17. The lowest BCUT2D eigenvalue weighted by Crippen LogP contribution is -2.50. The van der Waals surface area contributed by atoms with E-state index >= 15 is 0 Å². The number of hydrogen-bond acceptors (Lipinski definition) is 2. The molecule has 136 valence electrons. The second-order valence-corrected chi connectivity index (χ2v) is 8.26. The van der Waals surface area contributed by atoms with Gasteiger partial charge in [-0.2, -0.15) is 0 Å². The van der Waals surface area contributed by atoms with Gasteiger partial charge in [-0.25, -0.2) is 0 Å². The summed E-state index contributed by atoms with van der Waals surface area (Å²) in [4.78, 5) is 20.7. The summed E-state index contributed by atoms with van der Waals surface area (Å²) in [7, 11) is 0. The third-order valence-corrected chi connectivity index (χ3v) is 6.65. The monoisotopic (exact) mass is 349 g/mol. The smallest absolute Gasteiger partial charge is 0.227 e. The molecule has 26 heavy (non-hydrogen) atoms. The van der Waals surface area contributed by atoms with Crippen LogP contribution in [0.2, 0.25) is 0 Å². The van der Waals surface area contributed by atoms with E-state index in [0.717, 1.165) is 55.0 Å². The maximum absolute atomic E-state index is 12.7. The molecule has 0 radical (unpaired) electrons. The topological polar surface area (TPSA) is 39.3 Å². The van der Waals surface area contributed by atoms with Crippen molar-refractivity contribution in [2.24, 2.45) is 17.8 Å². The highest BCUT2D eigenvalue weighted by Gasteiger charge is 2.36. The van der Waals surface area contributed by atoms with Gasteiger partial charge in [-0.05, 0) is 42.2 Å². The number of nitrogens with one attached hydrogen (secondary N) is 1. The minimum atomic E-state index is 0.261. The number of aromatic amines is 1. The molecule has 3 aliphatic rings. The maximum atomic E-state index is 12.7. The van der Waals surface area contributed by atoms with Gasteiger partial charge in [-0.15, -0.1) is 0 Å². The Balaban J connectivity index is 1.15. The predicted molar refractivity (Wildman–Crippen MR) is 104 cm³/mol. The summed E-state index contributed by atoms with van der Waals surface area (Å²) in [5, 5.41) is 1.17. The molecule has 2 bridgehead atoms. The van der Waals surface area contributed by atoms with E-state index in [0.29, 0.717) is 6.42 Å². The molecule has 4 heteroatoms. The van der Waals surface area contributed by atoms with Crippen molar-refractivity contribution < 1.29 is 4.79 Å². The summed E-state index contributed by atoms with van der Waals surface area (Å²) in [6, 6.07) is 8.21. The lowest BCUT2D eigenvalue weighted by Gasteiger charge is -2.37. The fraction of sp³-hybridized carbons (Fsp3) is 0.500. The highest BCUT2D eigenvalue weighted by atomic mass is 16.2. The Morgan fingerprint density at radius 2 is 1.92 bits per heavy atom. The zero-order chi connectivity index (χ0) is 17.5. The number of amides is 1. The van der Waals surface area contributed by atoms with Crippen molar-refractivity contribution in [3.63, 3.8) is 0 Å². The minimum absolute atomic E-state index is 0.261. The number of aromatic nitrogens is 1. The molecule has 2 fully saturated rings. The number of rotatable bonds is 4. The zero-order valence-corrected chi connectivity index (χ0v) is 15.2. The largest absolute Gasteiger partial charge is 0.361 e. The Hall–Kier alpha value is -2.07. The van der Waals surface area contributed by atoms with Gasteiger partial charge < -0.3 is 9.88 Å². The van der Waals surface area contributed by atoms with Crippen LogP contribution < -0.4 is 0 Å². The maximum Gasteiger partial charge on any atom is 0.227 e. The normalized spacial score (nSPS) is 28.3. The van der Waals surface area contributed by atoms with Crippen molar-refractivity contribution in [1.29, 1.82) is 0 Å². The van der Waals surface area contributed by atoms with Gasteiger partial charge in [0, 0.05) is 49.8 Å². The minimum Gasteiger partial charge on any atom is -0.361 e. The van der Waals surface area contributed by atoms with Gasteiger partial charge in [0.2, 0.25) is 5.91 Å². The molecule has 4 nitrogen and oxygen atoms in total. The average molecular weight is 349 g/mol. The van der Waals surface area contributed by atoms with Gasteiger partial charge in [0.05, 0.1) is 6.42 Å². The van der Waals surface area contributed by atoms with E-state index in [4.69, 9.17) is 0 Å². The van der Waals surface area contributed by atoms with Crippen molar-refractivity contribution in [3.8, 4) is 0 Å². The van der Waals surface area contributed by atoms with Gasteiger partial charge in [-0.1, -0.05) is 30.4 Å². The highest BCUT2D eigenvalue weighted by Crippen LogP contribution is 2.43. The number of nitrogens with zero attached hydrogens (tertiary/aromatic N) is 2. The van der Waals surface area contributed by atoms with Crippen LogP contribution in [0.1, 0.15) is 18.4 Å². The molecule has 1 saturated heterocycles. The predicted octanol–water partition coefficient (Wildman–Crippen LogP) is 3.07. The standard InChI is InChI=1S/C22H27N3O/c26-22(13-18-14-23-21-4-2-1-3-20(18)21)25-9-7-24(8-10-25)15-19-12-16-5-6-17(19)11-16/h1-6,14,16-17,19,23H,7-13,15H2. The molecule has 3 unspecified atom stereocenters. The number of benzene rings is 1. The molecule has 2 aliphatic carbocycles. The SMILES string of the molecule is O=C(Cc1c[nH]c2ccccc12)N1CCN(CC2CC3C=CC2C3)CC1. The molecule has 1 aromatic carbocycles. The second-order valence-electron chi connectivity index (χ2n) is 8.26. The molecular formula is C22H27N3O. The number of piperazine rings is 1. The van der Waals surface area contributed by atoms with E-state index in [2.05, 4.69) is 39.1 Å². The lowest BCUT2D eigenvalue weighted by molar-refractivity contribution is -0.132. The van der Waals surface area contributed by atoms with E-state index in [-0.39, 0.29) is 5.91 Å². The van der Waals surface area contributed by atoms with Crippen LogP contribution in [0.25, 0.3) is 10.9 Å². The molecule has 3 atom stereocenters. The molecule has 2 aromatic rings. The van der Waals surface area contributed by atoms with Gasteiger partial charge in [0.1, 0.15) is 0 Å². The number of hydrogen-bond donors (Lipinski definition) is 1. The summed E-state index contributed by atoms with van der Waals surface area (Å²) in [5.41, 5.74) is 2.22. The molecule has 1 saturated carbocycles. The van der Waals surface area contributed by atoms with Crippen LogP contribution in [0, 0.1) is 17.8 Å². The van der Waals surface area contributed by atoms with Gasteiger partial charge in [-0.3, -0.25) is 9.69 Å². The Bertz CT molecular complexity index is 831. The molecule has 1 amide bonds. The van der Waals surface area contributed by atoms with Crippen LogP contribution in [-0.2, 0) is 11.2 Å². The first-order valence-electron chi connectivity index (χ1n) is 10.00. The number of fused-ring (bicyclic) bond motifs is 3. The van der Waals surface area contributed by atoms with Crippen LogP contribution in [0.3, 0.4) is 0 Å². The third kappa shape index (κ3) is 2.96. The molecule has 1 N–H and O–H groups in total. The molecule has 1 aliphatic heterocycles. The molecule has 5 rings (SSSR count).